The second kappa shape index (κ2) is 5.91. The zero-order valence-electron chi connectivity index (χ0n) is 10.5. The monoisotopic (exact) mass is 313 g/mol. The van der Waals surface area contributed by atoms with Gasteiger partial charge in [-0.3, -0.25) is 0 Å². The van der Waals surface area contributed by atoms with E-state index in [0.717, 1.165) is 0 Å². The number of halogens is 2. The van der Waals surface area contributed by atoms with Crippen molar-refractivity contribution < 1.29 is 12.8 Å². The fourth-order valence-corrected chi connectivity index (χ4v) is 3.67. The summed E-state index contributed by atoms with van der Waals surface area (Å²) >= 11 is 5.74. The van der Waals surface area contributed by atoms with Gasteiger partial charge in [-0.2, -0.15) is 0 Å². The molecule has 2 aromatic carbocycles. The second-order valence-corrected chi connectivity index (χ2v) is 6.85. The summed E-state index contributed by atoms with van der Waals surface area (Å²) in [7, 11) is -3.69. The van der Waals surface area contributed by atoms with Crippen LogP contribution in [-0.4, -0.2) is 15.0 Å². The lowest BCUT2D eigenvalue weighted by Gasteiger charge is -2.16. The van der Waals surface area contributed by atoms with Crippen molar-refractivity contribution in [2.45, 2.75) is 10.1 Å². The maximum absolute atomic E-state index is 13.3. The largest absolute Gasteiger partial charge is 0.329 e. The lowest BCUT2D eigenvalue weighted by atomic mass is 10.1. The van der Waals surface area contributed by atoms with Crippen LogP contribution in [0.4, 0.5) is 4.39 Å². The third-order valence-corrected chi connectivity index (χ3v) is 5.35. The van der Waals surface area contributed by atoms with Crippen molar-refractivity contribution in [1.29, 1.82) is 0 Å². The molecule has 0 aliphatic rings. The van der Waals surface area contributed by atoms with Crippen LogP contribution in [0.2, 0.25) is 5.02 Å². The molecule has 0 aliphatic heterocycles. The number of sulfone groups is 1. The van der Waals surface area contributed by atoms with Crippen LogP contribution in [0, 0.1) is 5.82 Å². The van der Waals surface area contributed by atoms with Crippen LogP contribution in [0.1, 0.15) is 10.8 Å². The summed E-state index contributed by atoms with van der Waals surface area (Å²) in [6, 6.07) is 11.3. The van der Waals surface area contributed by atoms with Crippen molar-refractivity contribution in [1.82, 2.24) is 0 Å². The SMILES string of the molecule is NC[C@@H](c1cccc(F)c1)S(=O)(=O)c1ccc(Cl)cc1. The summed E-state index contributed by atoms with van der Waals surface area (Å²) in [6.45, 7) is -0.131. The van der Waals surface area contributed by atoms with E-state index in [2.05, 4.69) is 0 Å². The Labute approximate surface area is 122 Å². The summed E-state index contributed by atoms with van der Waals surface area (Å²) in [6.07, 6.45) is 0. The molecule has 0 saturated carbocycles. The molecular formula is C14H13ClFNO2S. The van der Waals surface area contributed by atoms with Crippen molar-refractivity contribution in [3.63, 3.8) is 0 Å². The molecule has 0 radical (unpaired) electrons. The average Bonchev–Trinajstić information content (AvgIpc) is 2.40. The molecule has 0 aliphatic carbocycles. The topological polar surface area (TPSA) is 60.2 Å². The molecule has 2 N–H and O–H groups in total. The first-order valence-corrected chi connectivity index (χ1v) is 7.82. The van der Waals surface area contributed by atoms with Crippen LogP contribution >= 0.6 is 11.6 Å². The smallest absolute Gasteiger partial charge is 0.186 e. The molecule has 0 unspecified atom stereocenters. The van der Waals surface area contributed by atoms with Gasteiger partial charge in [-0.1, -0.05) is 23.7 Å². The van der Waals surface area contributed by atoms with Gasteiger partial charge in [0.2, 0.25) is 0 Å². The van der Waals surface area contributed by atoms with Crippen molar-refractivity contribution in [2.75, 3.05) is 6.54 Å². The van der Waals surface area contributed by atoms with Crippen LogP contribution in [0.25, 0.3) is 0 Å². The first-order valence-electron chi connectivity index (χ1n) is 5.90. The van der Waals surface area contributed by atoms with Crippen LogP contribution in [0.15, 0.2) is 53.4 Å². The Balaban J connectivity index is 2.47. The molecule has 20 heavy (non-hydrogen) atoms. The van der Waals surface area contributed by atoms with Gasteiger partial charge < -0.3 is 5.73 Å². The lowest BCUT2D eigenvalue weighted by molar-refractivity contribution is 0.581. The van der Waals surface area contributed by atoms with Gasteiger partial charge in [0, 0.05) is 11.6 Å². The molecule has 2 aromatic rings. The summed E-state index contributed by atoms with van der Waals surface area (Å²) in [5.74, 6) is -0.493. The highest BCUT2D eigenvalue weighted by atomic mass is 35.5. The first-order chi connectivity index (χ1) is 9.45. The Bertz CT molecular complexity index is 701. The van der Waals surface area contributed by atoms with Gasteiger partial charge >= 0.3 is 0 Å². The molecule has 0 bridgehead atoms. The van der Waals surface area contributed by atoms with E-state index in [1.165, 1.54) is 42.5 Å². The van der Waals surface area contributed by atoms with Gasteiger partial charge in [0.05, 0.1) is 4.90 Å². The van der Waals surface area contributed by atoms with Crippen LogP contribution in [0.3, 0.4) is 0 Å². The van der Waals surface area contributed by atoms with Crippen molar-refractivity contribution in [2.24, 2.45) is 5.73 Å². The molecule has 0 fully saturated rings. The van der Waals surface area contributed by atoms with E-state index in [9.17, 15) is 12.8 Å². The van der Waals surface area contributed by atoms with Crippen molar-refractivity contribution >= 4 is 21.4 Å². The van der Waals surface area contributed by atoms with Crippen LogP contribution in [0.5, 0.6) is 0 Å². The van der Waals surface area contributed by atoms with E-state index in [4.69, 9.17) is 17.3 Å². The van der Waals surface area contributed by atoms with Gasteiger partial charge in [0.25, 0.3) is 0 Å². The number of hydrogen-bond acceptors (Lipinski definition) is 3. The van der Waals surface area contributed by atoms with Gasteiger partial charge in [-0.05, 0) is 42.0 Å². The van der Waals surface area contributed by atoms with Crippen molar-refractivity contribution in [3.8, 4) is 0 Å². The van der Waals surface area contributed by atoms with Crippen LogP contribution < -0.4 is 5.73 Å². The van der Waals surface area contributed by atoms with E-state index in [-0.39, 0.29) is 11.4 Å². The molecule has 106 valence electrons. The molecule has 2 rings (SSSR count). The zero-order chi connectivity index (χ0) is 14.8. The summed E-state index contributed by atoms with van der Waals surface area (Å²) in [5, 5.41) is -0.543. The van der Waals surface area contributed by atoms with Crippen molar-refractivity contribution in [3.05, 3.63) is 64.9 Å². The van der Waals surface area contributed by atoms with E-state index < -0.39 is 20.9 Å². The maximum Gasteiger partial charge on any atom is 0.186 e. The standard InChI is InChI=1S/C14H13ClFNO2S/c15-11-4-6-13(7-5-11)20(18,19)14(9-17)10-2-1-3-12(16)8-10/h1-8,14H,9,17H2/t14-/m0/s1. The summed E-state index contributed by atoms with van der Waals surface area (Å²) < 4.78 is 38.3. The Kier molecular flexibility index (Phi) is 4.42. The minimum Gasteiger partial charge on any atom is -0.329 e. The Morgan fingerprint density at radius 2 is 1.80 bits per heavy atom. The number of benzene rings is 2. The molecule has 0 saturated heterocycles. The third kappa shape index (κ3) is 3.00. The van der Waals surface area contributed by atoms with E-state index >= 15 is 0 Å². The lowest BCUT2D eigenvalue weighted by Crippen LogP contribution is -2.22. The zero-order valence-corrected chi connectivity index (χ0v) is 12.0. The predicted octanol–water partition coefficient (Wildman–Crippen LogP) is 2.95. The Morgan fingerprint density at radius 3 is 2.35 bits per heavy atom. The molecule has 6 heteroatoms. The highest BCUT2D eigenvalue weighted by molar-refractivity contribution is 7.91. The third-order valence-electron chi connectivity index (χ3n) is 2.95. The Hall–Kier alpha value is -1.43. The molecule has 0 spiro atoms. The molecule has 1 atom stereocenters. The minimum absolute atomic E-state index is 0.113. The first kappa shape index (κ1) is 15.0. The molecule has 0 aromatic heterocycles. The van der Waals surface area contributed by atoms with Gasteiger partial charge in [0.15, 0.2) is 9.84 Å². The fraction of sp³-hybridized carbons (Fsp3) is 0.143. The average molecular weight is 314 g/mol. The normalized spacial score (nSPS) is 13.2. The molecular weight excluding hydrogens is 301 g/mol. The van der Waals surface area contributed by atoms with E-state index in [0.29, 0.717) is 10.6 Å². The van der Waals surface area contributed by atoms with Gasteiger partial charge in [-0.25, -0.2) is 12.8 Å². The second-order valence-electron chi connectivity index (χ2n) is 4.28. The van der Waals surface area contributed by atoms with E-state index in [1.807, 2.05) is 0 Å². The maximum atomic E-state index is 13.3. The highest BCUT2D eigenvalue weighted by Crippen LogP contribution is 2.29. The molecule has 0 heterocycles. The number of nitrogens with two attached hydrogens (primary N) is 1. The molecule has 3 nitrogen and oxygen atoms in total. The van der Waals surface area contributed by atoms with E-state index in [1.54, 1.807) is 6.07 Å². The fourth-order valence-electron chi connectivity index (χ4n) is 1.94. The number of hydrogen-bond donors (Lipinski definition) is 1. The van der Waals surface area contributed by atoms with Crippen LogP contribution in [-0.2, 0) is 9.84 Å². The quantitative estimate of drug-likeness (QED) is 0.944. The summed E-state index contributed by atoms with van der Waals surface area (Å²) in [5.41, 5.74) is 5.92. The predicted molar refractivity (Wildman–Crippen MR) is 76.8 cm³/mol. The van der Waals surface area contributed by atoms with Gasteiger partial charge in [-0.15, -0.1) is 0 Å². The minimum atomic E-state index is -3.69. The molecule has 0 amide bonds. The highest BCUT2D eigenvalue weighted by Gasteiger charge is 2.28. The van der Waals surface area contributed by atoms with Gasteiger partial charge in [0.1, 0.15) is 11.1 Å². The number of rotatable bonds is 4. The summed E-state index contributed by atoms with van der Waals surface area (Å²) in [4.78, 5) is 0.113. The Morgan fingerprint density at radius 1 is 1.15 bits per heavy atom.